The van der Waals surface area contributed by atoms with Gasteiger partial charge in [-0.15, -0.1) is 0 Å². The first-order valence-electron chi connectivity index (χ1n) is 14.8. The van der Waals surface area contributed by atoms with E-state index in [2.05, 4.69) is 67.7 Å². The second kappa shape index (κ2) is 13.1. The molecule has 7 nitrogen and oxygen atoms in total. The molecule has 9 heteroatoms. The molecule has 228 valence electrons. The van der Waals surface area contributed by atoms with Gasteiger partial charge in [0.15, 0.2) is 16.6 Å². The molecular weight excluding hydrogens is 541 g/mol. The van der Waals surface area contributed by atoms with Crippen molar-refractivity contribution in [3.05, 3.63) is 29.8 Å². The number of hydrogen-bond acceptors (Lipinski definition) is 7. The highest BCUT2D eigenvalue weighted by Crippen LogP contribution is 2.42. The highest BCUT2D eigenvalue weighted by Gasteiger charge is 2.50. The van der Waals surface area contributed by atoms with Gasteiger partial charge in [0.05, 0.1) is 50.8 Å². The first kappa shape index (κ1) is 33.4. The molecule has 0 amide bonds. The van der Waals surface area contributed by atoms with Crippen LogP contribution in [0.2, 0.25) is 36.3 Å². The van der Waals surface area contributed by atoms with Gasteiger partial charge in [0, 0.05) is 19.3 Å². The van der Waals surface area contributed by atoms with E-state index in [1.807, 2.05) is 24.3 Å². The molecule has 1 aromatic carbocycles. The fourth-order valence-corrected chi connectivity index (χ4v) is 7.08. The molecule has 0 radical (unpaired) electrons. The standard InChI is InChI=1S/C31H54O7Si2/c1-30(2,3)39(8,9)35-21-29-28(38-40(10,11)31(4,5)6)19-27-26(37-29)18-25(24(36-27)16-17-32)34-20-22-12-14-23(33-7)15-13-22/h12-15,17,24-29H,16,18-21H2,1-11H3/t24-,25+,26-,27-,28-,29+/m0/s1. The zero-order valence-corrected chi connectivity index (χ0v) is 28.7. The summed E-state index contributed by atoms with van der Waals surface area (Å²) in [5, 5.41) is 0.179. The third kappa shape index (κ3) is 8.27. The molecule has 0 bridgehead atoms. The third-order valence-electron chi connectivity index (χ3n) is 9.49. The van der Waals surface area contributed by atoms with Crippen LogP contribution in [0.15, 0.2) is 24.3 Å². The van der Waals surface area contributed by atoms with E-state index >= 15 is 0 Å². The summed E-state index contributed by atoms with van der Waals surface area (Å²) in [4.78, 5) is 11.6. The molecule has 0 aliphatic carbocycles. The lowest BCUT2D eigenvalue weighted by Crippen LogP contribution is -2.60. The Kier molecular flexibility index (Phi) is 10.9. The van der Waals surface area contributed by atoms with Crippen LogP contribution in [-0.4, -0.2) is 73.3 Å². The highest BCUT2D eigenvalue weighted by atomic mass is 28.4. The van der Waals surface area contributed by atoms with Gasteiger partial charge in [0.2, 0.25) is 0 Å². The normalized spacial score (nSPS) is 28.2. The number of carbonyl (C=O) groups is 1. The lowest BCUT2D eigenvalue weighted by Gasteiger charge is -2.50. The number of fused-ring (bicyclic) bond motifs is 1. The second-order valence-electron chi connectivity index (χ2n) is 14.5. The number of carbonyl (C=O) groups excluding carboxylic acids is 1. The SMILES string of the molecule is COc1ccc(CO[C@@H]2C[C@@H]3O[C@H](CO[Si](C)(C)C(C)(C)C)[C@@H](O[Si](C)(C)C(C)(C)C)C[C@@H]3O[C@H]2CC=O)cc1. The summed E-state index contributed by atoms with van der Waals surface area (Å²) in [6, 6.07) is 7.84. The molecule has 2 aliphatic rings. The maximum Gasteiger partial charge on any atom is 0.192 e. The molecule has 1 aromatic rings. The van der Waals surface area contributed by atoms with E-state index in [1.165, 1.54) is 0 Å². The van der Waals surface area contributed by atoms with Gasteiger partial charge >= 0.3 is 0 Å². The molecular formula is C31H54O7Si2. The zero-order valence-electron chi connectivity index (χ0n) is 26.7. The Hall–Kier alpha value is -1.08. The van der Waals surface area contributed by atoms with E-state index in [9.17, 15) is 4.79 Å². The Bertz CT molecular complexity index is 952. The molecule has 0 N–H and O–H groups in total. The summed E-state index contributed by atoms with van der Waals surface area (Å²) in [6.45, 7) is 23.6. The van der Waals surface area contributed by atoms with E-state index < -0.39 is 16.6 Å². The summed E-state index contributed by atoms with van der Waals surface area (Å²) < 4.78 is 38.6. The van der Waals surface area contributed by atoms with Crippen molar-refractivity contribution >= 4 is 22.9 Å². The van der Waals surface area contributed by atoms with Crippen molar-refractivity contribution < 1.29 is 32.6 Å². The van der Waals surface area contributed by atoms with Crippen LogP contribution in [0.3, 0.4) is 0 Å². The maximum absolute atomic E-state index is 11.6. The minimum absolute atomic E-state index is 0.0720. The number of benzene rings is 1. The topological polar surface area (TPSA) is 72.5 Å². The number of hydrogen-bond donors (Lipinski definition) is 0. The first-order chi connectivity index (χ1) is 18.5. The second-order valence-corrected chi connectivity index (χ2v) is 24.1. The predicted molar refractivity (Wildman–Crippen MR) is 164 cm³/mol. The van der Waals surface area contributed by atoms with Crippen molar-refractivity contribution in [1.82, 2.24) is 0 Å². The average molecular weight is 595 g/mol. The van der Waals surface area contributed by atoms with Gasteiger partial charge in [-0.05, 0) is 54.0 Å². The molecule has 40 heavy (non-hydrogen) atoms. The number of aldehydes is 1. The van der Waals surface area contributed by atoms with Crippen molar-refractivity contribution in [1.29, 1.82) is 0 Å². The Labute approximate surface area is 244 Å². The Morgan fingerprint density at radius 1 is 0.850 bits per heavy atom. The van der Waals surface area contributed by atoms with E-state index in [1.54, 1.807) is 7.11 Å². The van der Waals surface area contributed by atoms with Gasteiger partial charge in [-0.25, -0.2) is 0 Å². The van der Waals surface area contributed by atoms with Crippen LogP contribution in [-0.2, 0) is 34.5 Å². The van der Waals surface area contributed by atoms with E-state index in [0.29, 0.717) is 26.1 Å². The molecule has 6 atom stereocenters. The highest BCUT2D eigenvalue weighted by molar-refractivity contribution is 6.74. The fraction of sp³-hybridized carbons (Fsp3) is 0.774. The minimum Gasteiger partial charge on any atom is -0.497 e. The van der Waals surface area contributed by atoms with Crippen molar-refractivity contribution in [2.75, 3.05) is 13.7 Å². The van der Waals surface area contributed by atoms with Crippen LogP contribution >= 0.6 is 0 Å². The third-order valence-corrected chi connectivity index (χ3v) is 18.5. The molecule has 0 spiro atoms. The smallest absolute Gasteiger partial charge is 0.192 e. The van der Waals surface area contributed by atoms with Gasteiger partial charge in [-0.2, -0.15) is 0 Å². The molecule has 2 heterocycles. The zero-order chi connectivity index (χ0) is 29.9. The van der Waals surface area contributed by atoms with E-state index in [4.69, 9.17) is 27.8 Å². The lowest BCUT2D eigenvalue weighted by atomic mass is 9.89. The summed E-state index contributed by atoms with van der Waals surface area (Å²) in [5.74, 6) is 0.808. The van der Waals surface area contributed by atoms with Crippen LogP contribution in [0.1, 0.15) is 66.4 Å². The largest absolute Gasteiger partial charge is 0.497 e. The van der Waals surface area contributed by atoms with Crippen molar-refractivity contribution in [3.63, 3.8) is 0 Å². The summed E-state index contributed by atoms with van der Waals surface area (Å²) in [6.07, 6.45) is 1.47. The number of methoxy groups -OCH3 is 1. The molecule has 3 rings (SSSR count). The molecule has 0 aromatic heterocycles. The van der Waals surface area contributed by atoms with Gasteiger partial charge in [0.1, 0.15) is 18.1 Å². The monoisotopic (exact) mass is 594 g/mol. The summed E-state index contributed by atoms with van der Waals surface area (Å²) in [5.41, 5.74) is 1.04. The number of rotatable bonds is 11. The van der Waals surface area contributed by atoms with Crippen molar-refractivity contribution in [2.24, 2.45) is 0 Å². The molecule has 2 saturated heterocycles. The van der Waals surface area contributed by atoms with Crippen LogP contribution in [0.4, 0.5) is 0 Å². The first-order valence-corrected chi connectivity index (χ1v) is 20.6. The van der Waals surface area contributed by atoms with Gasteiger partial charge in [-0.1, -0.05) is 53.7 Å². The molecule has 0 unspecified atom stereocenters. The molecule has 0 saturated carbocycles. The molecule has 2 aliphatic heterocycles. The van der Waals surface area contributed by atoms with Gasteiger partial charge in [-0.3, -0.25) is 0 Å². The van der Waals surface area contributed by atoms with Crippen LogP contribution in [0.25, 0.3) is 0 Å². The fourth-order valence-electron chi connectivity index (χ4n) is 4.71. The van der Waals surface area contributed by atoms with Crippen molar-refractivity contribution in [2.45, 2.75) is 140 Å². The lowest BCUT2D eigenvalue weighted by molar-refractivity contribution is -0.252. The summed E-state index contributed by atoms with van der Waals surface area (Å²) >= 11 is 0. The Morgan fingerprint density at radius 2 is 1.40 bits per heavy atom. The van der Waals surface area contributed by atoms with Crippen LogP contribution < -0.4 is 4.74 Å². The van der Waals surface area contributed by atoms with Crippen LogP contribution in [0, 0.1) is 0 Å². The van der Waals surface area contributed by atoms with E-state index in [0.717, 1.165) is 24.0 Å². The quantitative estimate of drug-likeness (QED) is 0.204. The molecule has 2 fully saturated rings. The van der Waals surface area contributed by atoms with Crippen LogP contribution in [0.5, 0.6) is 5.75 Å². The van der Waals surface area contributed by atoms with Gasteiger partial charge < -0.3 is 32.6 Å². The van der Waals surface area contributed by atoms with E-state index in [-0.39, 0.29) is 46.7 Å². The maximum atomic E-state index is 11.6. The Morgan fingerprint density at radius 3 is 1.93 bits per heavy atom. The average Bonchev–Trinajstić information content (AvgIpc) is 2.85. The Balaban J connectivity index is 1.77. The predicted octanol–water partition coefficient (Wildman–Crippen LogP) is 6.90. The van der Waals surface area contributed by atoms with Crippen molar-refractivity contribution in [3.8, 4) is 5.75 Å². The summed E-state index contributed by atoms with van der Waals surface area (Å²) in [7, 11) is -2.40. The van der Waals surface area contributed by atoms with Gasteiger partial charge in [0.25, 0.3) is 0 Å². The number of ether oxygens (including phenoxy) is 4. The minimum atomic E-state index is -2.07.